The SMILES string of the molecule is Cc1c(-c2ccccc2)oc2c(C(=O)N3CC(=O)Nc4c(F)cccc43)cccc2c1=O. The largest absolute Gasteiger partial charge is 0.455 e. The summed E-state index contributed by atoms with van der Waals surface area (Å²) >= 11 is 0. The molecule has 0 saturated heterocycles. The number of fused-ring (bicyclic) bond motifs is 2. The monoisotopic (exact) mass is 428 g/mol. The third-order valence-corrected chi connectivity index (χ3v) is 5.51. The van der Waals surface area contributed by atoms with Gasteiger partial charge in [-0.3, -0.25) is 19.3 Å². The molecule has 0 saturated carbocycles. The molecule has 0 unspecified atom stereocenters. The number of nitrogens with zero attached hydrogens (tertiary/aromatic N) is 1. The molecule has 0 fully saturated rings. The van der Waals surface area contributed by atoms with Gasteiger partial charge in [0.25, 0.3) is 5.91 Å². The van der Waals surface area contributed by atoms with E-state index in [-0.39, 0.29) is 39.9 Å². The Morgan fingerprint density at radius 2 is 1.75 bits per heavy atom. The van der Waals surface area contributed by atoms with Crippen LogP contribution in [-0.2, 0) is 4.79 Å². The van der Waals surface area contributed by atoms with Gasteiger partial charge in [0.2, 0.25) is 5.91 Å². The number of nitrogens with one attached hydrogen (secondary N) is 1. The molecule has 2 amide bonds. The zero-order valence-electron chi connectivity index (χ0n) is 17.0. The quantitative estimate of drug-likeness (QED) is 0.510. The van der Waals surface area contributed by atoms with E-state index in [0.717, 1.165) is 0 Å². The molecular formula is C25H17FN2O4. The molecule has 0 radical (unpaired) electrons. The minimum absolute atomic E-state index is 0.0559. The molecule has 32 heavy (non-hydrogen) atoms. The molecule has 1 aliphatic heterocycles. The molecule has 3 aromatic carbocycles. The van der Waals surface area contributed by atoms with Crippen molar-refractivity contribution in [3.8, 4) is 11.3 Å². The standard InChI is InChI=1S/C25H17FN2O4/c1-14-22(30)16-9-5-10-17(24(16)32-23(14)15-7-3-2-4-8-15)25(31)28-13-20(29)27-21-18(26)11-6-12-19(21)28/h2-12H,13H2,1H3,(H,27,29). The average molecular weight is 428 g/mol. The van der Waals surface area contributed by atoms with E-state index in [1.54, 1.807) is 25.1 Å². The third kappa shape index (κ3) is 3.06. The second-order valence-electron chi connectivity index (χ2n) is 7.51. The van der Waals surface area contributed by atoms with Crippen molar-refractivity contribution in [3.63, 3.8) is 0 Å². The number of hydrogen-bond donors (Lipinski definition) is 1. The van der Waals surface area contributed by atoms with Crippen molar-refractivity contribution in [2.45, 2.75) is 6.92 Å². The molecule has 6 nitrogen and oxygen atoms in total. The normalized spacial score (nSPS) is 13.1. The van der Waals surface area contributed by atoms with E-state index in [0.29, 0.717) is 16.9 Å². The number of anilines is 2. The Labute approximate surface area is 181 Å². The van der Waals surface area contributed by atoms with Crippen LogP contribution in [0.1, 0.15) is 15.9 Å². The minimum Gasteiger partial charge on any atom is -0.455 e. The lowest BCUT2D eigenvalue weighted by Crippen LogP contribution is -2.42. The lowest BCUT2D eigenvalue weighted by atomic mass is 10.0. The van der Waals surface area contributed by atoms with Gasteiger partial charge < -0.3 is 9.73 Å². The Hall–Kier alpha value is -4.26. The van der Waals surface area contributed by atoms with Crippen molar-refractivity contribution < 1.29 is 18.4 Å². The number of benzene rings is 3. The van der Waals surface area contributed by atoms with Gasteiger partial charge in [-0.15, -0.1) is 0 Å². The number of hydrogen-bond acceptors (Lipinski definition) is 4. The van der Waals surface area contributed by atoms with Crippen LogP contribution in [0, 0.1) is 12.7 Å². The van der Waals surface area contributed by atoms with Crippen LogP contribution in [-0.4, -0.2) is 18.4 Å². The first-order valence-electron chi connectivity index (χ1n) is 9.98. The van der Waals surface area contributed by atoms with E-state index in [1.165, 1.54) is 23.1 Å². The lowest BCUT2D eigenvalue weighted by molar-refractivity contribution is -0.115. The summed E-state index contributed by atoms with van der Waals surface area (Å²) in [5, 5.41) is 2.73. The van der Waals surface area contributed by atoms with Crippen molar-refractivity contribution >= 4 is 34.2 Å². The molecule has 7 heteroatoms. The Balaban J connectivity index is 1.71. The molecule has 0 aliphatic carbocycles. The Morgan fingerprint density at radius 3 is 2.53 bits per heavy atom. The first kappa shape index (κ1) is 19.7. The van der Waals surface area contributed by atoms with Gasteiger partial charge in [-0.05, 0) is 31.2 Å². The number of rotatable bonds is 2. The van der Waals surface area contributed by atoms with E-state index in [2.05, 4.69) is 5.32 Å². The van der Waals surface area contributed by atoms with Crippen LogP contribution in [0.2, 0.25) is 0 Å². The average Bonchev–Trinajstić information content (AvgIpc) is 2.81. The molecular weight excluding hydrogens is 411 g/mol. The summed E-state index contributed by atoms with van der Waals surface area (Å²) < 4.78 is 20.4. The number of amides is 2. The summed E-state index contributed by atoms with van der Waals surface area (Å²) in [5.74, 6) is -1.35. The van der Waals surface area contributed by atoms with Gasteiger partial charge in [0.05, 0.1) is 16.6 Å². The molecule has 2 heterocycles. The van der Waals surface area contributed by atoms with Crippen molar-refractivity contribution in [2.75, 3.05) is 16.8 Å². The van der Waals surface area contributed by atoms with Crippen molar-refractivity contribution in [2.24, 2.45) is 0 Å². The maximum Gasteiger partial charge on any atom is 0.262 e. The number of carbonyl (C=O) groups excluding carboxylic acids is 2. The van der Waals surface area contributed by atoms with E-state index in [4.69, 9.17) is 4.42 Å². The highest BCUT2D eigenvalue weighted by molar-refractivity contribution is 6.18. The topological polar surface area (TPSA) is 79.6 Å². The van der Waals surface area contributed by atoms with Gasteiger partial charge in [-0.25, -0.2) is 4.39 Å². The van der Waals surface area contributed by atoms with Crippen LogP contribution in [0.3, 0.4) is 0 Å². The van der Waals surface area contributed by atoms with E-state index in [9.17, 15) is 18.8 Å². The maximum absolute atomic E-state index is 14.3. The van der Waals surface area contributed by atoms with E-state index in [1.807, 2.05) is 30.3 Å². The fraction of sp³-hybridized carbons (Fsp3) is 0.0800. The van der Waals surface area contributed by atoms with Crippen LogP contribution in [0.5, 0.6) is 0 Å². The first-order valence-corrected chi connectivity index (χ1v) is 9.98. The summed E-state index contributed by atoms with van der Waals surface area (Å²) in [6.07, 6.45) is 0. The summed E-state index contributed by atoms with van der Waals surface area (Å²) in [7, 11) is 0. The highest BCUT2D eigenvalue weighted by Gasteiger charge is 2.31. The predicted molar refractivity (Wildman–Crippen MR) is 119 cm³/mol. The molecule has 158 valence electrons. The van der Waals surface area contributed by atoms with Crippen molar-refractivity contribution in [1.29, 1.82) is 0 Å². The summed E-state index contributed by atoms with van der Waals surface area (Å²) in [6.45, 7) is 1.39. The van der Waals surface area contributed by atoms with Crippen LogP contribution in [0.25, 0.3) is 22.3 Å². The molecule has 0 spiro atoms. The molecule has 5 rings (SSSR count). The van der Waals surface area contributed by atoms with Crippen LogP contribution in [0.4, 0.5) is 15.8 Å². The zero-order valence-corrected chi connectivity index (χ0v) is 17.0. The Kier molecular flexibility index (Phi) is 4.59. The highest BCUT2D eigenvalue weighted by atomic mass is 19.1. The van der Waals surface area contributed by atoms with Crippen LogP contribution in [0.15, 0.2) is 75.9 Å². The minimum atomic E-state index is -0.639. The van der Waals surface area contributed by atoms with Gasteiger partial charge in [-0.1, -0.05) is 42.5 Å². The summed E-state index contributed by atoms with van der Waals surface area (Å²) in [5.41, 5.74) is 1.30. The fourth-order valence-electron chi connectivity index (χ4n) is 3.94. The molecule has 1 N–H and O–H groups in total. The molecule has 0 bridgehead atoms. The number of para-hydroxylation sites is 2. The molecule has 0 atom stereocenters. The fourth-order valence-corrected chi connectivity index (χ4v) is 3.94. The van der Waals surface area contributed by atoms with Gasteiger partial charge in [0.1, 0.15) is 23.8 Å². The van der Waals surface area contributed by atoms with Gasteiger partial charge in [-0.2, -0.15) is 0 Å². The first-order chi connectivity index (χ1) is 15.5. The Bertz CT molecular complexity index is 1460. The second kappa shape index (κ2) is 7.46. The third-order valence-electron chi connectivity index (χ3n) is 5.51. The molecule has 1 aliphatic rings. The van der Waals surface area contributed by atoms with Gasteiger partial charge in [0, 0.05) is 11.1 Å². The molecule has 1 aromatic heterocycles. The van der Waals surface area contributed by atoms with Crippen LogP contribution >= 0.6 is 0 Å². The number of halogens is 1. The van der Waals surface area contributed by atoms with E-state index >= 15 is 0 Å². The zero-order chi connectivity index (χ0) is 22.4. The maximum atomic E-state index is 14.3. The van der Waals surface area contributed by atoms with Crippen LogP contribution < -0.4 is 15.6 Å². The van der Waals surface area contributed by atoms with Gasteiger partial charge in [0.15, 0.2) is 11.0 Å². The Morgan fingerprint density at radius 1 is 1.00 bits per heavy atom. The smallest absolute Gasteiger partial charge is 0.262 e. The van der Waals surface area contributed by atoms with Gasteiger partial charge >= 0.3 is 0 Å². The number of carbonyl (C=O) groups is 2. The van der Waals surface area contributed by atoms with E-state index < -0.39 is 17.6 Å². The predicted octanol–water partition coefficient (Wildman–Crippen LogP) is 4.51. The molecule has 4 aromatic rings. The van der Waals surface area contributed by atoms with Crippen molar-refractivity contribution in [3.05, 3.63) is 93.9 Å². The highest BCUT2D eigenvalue weighted by Crippen LogP contribution is 2.34. The lowest BCUT2D eigenvalue weighted by Gasteiger charge is -2.29. The summed E-state index contributed by atoms with van der Waals surface area (Å²) in [6, 6.07) is 18.1. The van der Waals surface area contributed by atoms with Crippen molar-refractivity contribution in [1.82, 2.24) is 0 Å². The second-order valence-corrected chi connectivity index (χ2v) is 7.51. The summed E-state index contributed by atoms with van der Waals surface area (Å²) in [4.78, 5) is 40.0.